The van der Waals surface area contributed by atoms with Gasteiger partial charge in [0, 0.05) is 13.1 Å². The van der Waals surface area contributed by atoms with Gasteiger partial charge in [-0.1, -0.05) is 13.0 Å². The molecule has 1 saturated heterocycles. The smallest absolute Gasteiger partial charge is 0.243 e. The summed E-state index contributed by atoms with van der Waals surface area (Å²) < 4.78 is 34.6. The normalized spacial score (nSPS) is 23.6. The van der Waals surface area contributed by atoms with Crippen molar-refractivity contribution in [2.45, 2.75) is 36.4 Å². The molecule has 2 aromatic heterocycles. The van der Waals surface area contributed by atoms with Gasteiger partial charge in [-0.05, 0) is 18.2 Å². The minimum atomic E-state index is -3.97. The summed E-state index contributed by atoms with van der Waals surface area (Å²) >= 11 is 0. The molecule has 0 spiro atoms. The van der Waals surface area contributed by atoms with E-state index in [1.807, 2.05) is 6.07 Å². The van der Waals surface area contributed by atoms with Crippen LogP contribution in [0, 0.1) is 11.3 Å². The number of hydrogen-bond acceptors (Lipinski definition) is 10. The number of ether oxygens (including phenoxy) is 1. The van der Waals surface area contributed by atoms with Crippen LogP contribution >= 0.6 is 0 Å². The molecular formula is C19H21N7O5S. The van der Waals surface area contributed by atoms with E-state index >= 15 is 0 Å². The molecule has 1 aliphatic heterocycles. The second-order valence-corrected chi connectivity index (χ2v) is 9.16. The van der Waals surface area contributed by atoms with Crippen molar-refractivity contribution in [2.75, 3.05) is 18.8 Å². The number of hydrogen-bond donors (Lipinski definition) is 3. The Kier molecular flexibility index (Phi) is 5.80. The summed E-state index contributed by atoms with van der Waals surface area (Å²) in [5.74, 6) is 0.154. The maximum absolute atomic E-state index is 13.1. The number of imidazole rings is 1. The zero-order valence-electron chi connectivity index (χ0n) is 17.0. The summed E-state index contributed by atoms with van der Waals surface area (Å²) in [6.07, 6.45) is -2.21. The number of aliphatic hydroxyl groups excluding tert-OH is 2. The number of sulfonamides is 1. The standard InChI is InChI=1S/C19H21N7O5S/c1-2-25(32(29,30)12-5-3-4-11(6-12)7-20)8-13-15(27)16(28)19(31-13)26-10-24-14-17(21)22-9-23-18(14)26/h3-6,9-10,13,15-16,19,27-28H,2,8H2,1H3,(H2,21,22,23)/t13-,15-,16-,19-/m1/s1. The Labute approximate surface area is 183 Å². The zero-order chi connectivity index (χ0) is 23.0. The molecule has 0 aliphatic carbocycles. The highest BCUT2D eigenvalue weighted by Gasteiger charge is 2.46. The zero-order valence-corrected chi connectivity index (χ0v) is 17.8. The van der Waals surface area contributed by atoms with Gasteiger partial charge in [0.2, 0.25) is 10.0 Å². The van der Waals surface area contributed by atoms with E-state index in [-0.39, 0.29) is 29.4 Å². The third-order valence-electron chi connectivity index (χ3n) is 5.34. The molecule has 1 aromatic carbocycles. The van der Waals surface area contributed by atoms with E-state index in [9.17, 15) is 18.6 Å². The van der Waals surface area contributed by atoms with Crippen molar-refractivity contribution in [2.24, 2.45) is 0 Å². The van der Waals surface area contributed by atoms with Crippen LogP contribution in [-0.4, -0.2) is 73.9 Å². The molecular weight excluding hydrogens is 438 g/mol. The lowest BCUT2D eigenvalue weighted by atomic mass is 10.1. The fourth-order valence-corrected chi connectivity index (χ4v) is 5.15. The largest absolute Gasteiger partial charge is 0.387 e. The monoisotopic (exact) mass is 459 g/mol. The summed E-state index contributed by atoms with van der Waals surface area (Å²) in [7, 11) is -3.97. The molecule has 3 aromatic rings. The fraction of sp³-hybridized carbons (Fsp3) is 0.368. The number of aliphatic hydroxyl groups is 2. The fourth-order valence-electron chi connectivity index (χ4n) is 3.64. The summed E-state index contributed by atoms with van der Waals surface area (Å²) in [5, 5.41) is 30.3. The first-order valence-corrected chi connectivity index (χ1v) is 11.2. The van der Waals surface area contributed by atoms with Gasteiger partial charge in [0.15, 0.2) is 17.7 Å². The Morgan fingerprint density at radius 2 is 2.06 bits per heavy atom. The first-order valence-electron chi connectivity index (χ1n) is 9.72. The van der Waals surface area contributed by atoms with Gasteiger partial charge in [-0.15, -0.1) is 0 Å². The van der Waals surface area contributed by atoms with Crippen molar-refractivity contribution in [3.63, 3.8) is 0 Å². The van der Waals surface area contributed by atoms with Gasteiger partial charge in [-0.2, -0.15) is 9.57 Å². The predicted molar refractivity (Wildman–Crippen MR) is 111 cm³/mol. The summed E-state index contributed by atoms with van der Waals surface area (Å²) in [5.41, 5.74) is 6.63. The summed E-state index contributed by atoms with van der Waals surface area (Å²) in [6.45, 7) is 1.52. The van der Waals surface area contributed by atoms with Crippen molar-refractivity contribution in [1.29, 1.82) is 5.26 Å². The average Bonchev–Trinajstić information content (AvgIpc) is 3.34. The Balaban J connectivity index is 1.59. The van der Waals surface area contributed by atoms with Crippen LogP contribution in [0.3, 0.4) is 0 Å². The number of likely N-dealkylation sites (N-methyl/N-ethyl adjacent to an activating group) is 1. The molecule has 0 amide bonds. The highest BCUT2D eigenvalue weighted by molar-refractivity contribution is 7.89. The molecule has 32 heavy (non-hydrogen) atoms. The van der Waals surface area contributed by atoms with Gasteiger partial charge < -0.3 is 20.7 Å². The molecule has 4 N–H and O–H groups in total. The van der Waals surface area contributed by atoms with Gasteiger partial charge >= 0.3 is 0 Å². The number of nitrogen functional groups attached to an aromatic ring is 1. The van der Waals surface area contributed by atoms with Crippen molar-refractivity contribution in [3.8, 4) is 6.07 Å². The third kappa shape index (κ3) is 3.68. The number of anilines is 1. The van der Waals surface area contributed by atoms with Crippen LogP contribution in [0.2, 0.25) is 0 Å². The van der Waals surface area contributed by atoms with E-state index in [1.54, 1.807) is 6.92 Å². The van der Waals surface area contributed by atoms with Crippen molar-refractivity contribution < 1.29 is 23.4 Å². The minimum Gasteiger partial charge on any atom is -0.387 e. The van der Waals surface area contributed by atoms with E-state index in [0.29, 0.717) is 11.2 Å². The van der Waals surface area contributed by atoms with Gasteiger partial charge in [-0.25, -0.2) is 23.4 Å². The maximum Gasteiger partial charge on any atom is 0.243 e. The molecule has 0 bridgehead atoms. The molecule has 13 heteroatoms. The number of nitrogens with two attached hydrogens (primary N) is 1. The van der Waals surface area contributed by atoms with E-state index in [2.05, 4.69) is 15.0 Å². The van der Waals surface area contributed by atoms with Crippen LogP contribution in [0.25, 0.3) is 11.2 Å². The highest BCUT2D eigenvalue weighted by atomic mass is 32.2. The molecule has 168 valence electrons. The number of nitriles is 1. The molecule has 0 unspecified atom stereocenters. The van der Waals surface area contributed by atoms with Crippen molar-refractivity contribution >= 4 is 27.0 Å². The number of benzene rings is 1. The van der Waals surface area contributed by atoms with E-state index in [1.165, 1.54) is 41.5 Å². The SMILES string of the molecule is CCN(C[C@H]1O[C@@H](n2cnc3c(N)ncnc32)[C@H](O)[C@@H]1O)S(=O)(=O)c1cccc(C#N)c1. The molecule has 4 rings (SSSR count). The van der Waals surface area contributed by atoms with Crippen molar-refractivity contribution in [1.82, 2.24) is 23.8 Å². The Bertz CT molecular complexity index is 1290. The lowest BCUT2D eigenvalue weighted by Crippen LogP contribution is -2.42. The summed E-state index contributed by atoms with van der Waals surface area (Å²) in [6, 6.07) is 7.58. The molecule has 1 fully saturated rings. The number of aromatic nitrogens is 4. The third-order valence-corrected chi connectivity index (χ3v) is 7.27. The number of rotatable bonds is 6. The highest BCUT2D eigenvalue weighted by Crippen LogP contribution is 2.33. The average molecular weight is 459 g/mol. The van der Waals surface area contributed by atoms with Crippen LogP contribution in [0.5, 0.6) is 0 Å². The second-order valence-electron chi connectivity index (χ2n) is 7.22. The lowest BCUT2D eigenvalue weighted by molar-refractivity contribution is -0.0384. The van der Waals surface area contributed by atoms with E-state index < -0.39 is 34.6 Å². The van der Waals surface area contributed by atoms with Gasteiger partial charge in [0.05, 0.1) is 22.9 Å². The van der Waals surface area contributed by atoms with Crippen LogP contribution in [0.1, 0.15) is 18.7 Å². The lowest BCUT2D eigenvalue weighted by Gasteiger charge is -2.25. The van der Waals surface area contributed by atoms with Crippen LogP contribution in [0.15, 0.2) is 41.8 Å². The molecule has 4 atom stereocenters. The second kappa shape index (κ2) is 8.41. The molecule has 0 saturated carbocycles. The van der Waals surface area contributed by atoms with Crippen LogP contribution in [0.4, 0.5) is 5.82 Å². The number of nitrogens with zero attached hydrogens (tertiary/aromatic N) is 6. The topological polar surface area (TPSA) is 180 Å². The van der Waals surface area contributed by atoms with Crippen LogP contribution in [-0.2, 0) is 14.8 Å². The summed E-state index contributed by atoms with van der Waals surface area (Å²) in [4.78, 5) is 12.0. The Hall–Kier alpha value is -3.15. The van der Waals surface area contributed by atoms with Gasteiger partial charge in [0.1, 0.15) is 30.2 Å². The number of fused-ring (bicyclic) bond motifs is 1. The van der Waals surface area contributed by atoms with E-state index in [0.717, 1.165) is 4.31 Å². The molecule has 12 nitrogen and oxygen atoms in total. The molecule has 3 heterocycles. The Morgan fingerprint density at radius 1 is 1.28 bits per heavy atom. The van der Waals surface area contributed by atoms with E-state index in [4.69, 9.17) is 15.7 Å². The molecule has 0 radical (unpaired) electrons. The quantitative estimate of drug-likeness (QED) is 0.439. The van der Waals surface area contributed by atoms with Crippen LogP contribution < -0.4 is 5.73 Å². The van der Waals surface area contributed by atoms with Crippen molar-refractivity contribution in [3.05, 3.63) is 42.5 Å². The van der Waals surface area contributed by atoms with Gasteiger partial charge in [-0.3, -0.25) is 4.57 Å². The minimum absolute atomic E-state index is 0.0456. The predicted octanol–water partition coefficient (Wildman–Crippen LogP) is -0.390. The molecule has 1 aliphatic rings. The first-order chi connectivity index (χ1) is 15.3. The van der Waals surface area contributed by atoms with Gasteiger partial charge in [0.25, 0.3) is 0 Å². The first kappa shape index (κ1) is 22.1. The maximum atomic E-state index is 13.1. The Morgan fingerprint density at radius 3 is 2.78 bits per heavy atom.